The Balaban J connectivity index is 2.14. The van der Waals surface area contributed by atoms with Gasteiger partial charge in [0.1, 0.15) is 6.54 Å². The number of carbonyl (C=O) groups is 2. The van der Waals surface area contributed by atoms with E-state index in [-0.39, 0.29) is 11.7 Å². The summed E-state index contributed by atoms with van der Waals surface area (Å²) in [5.41, 5.74) is 1.91. The molecule has 1 amide bonds. The number of amides is 1. The lowest BCUT2D eigenvalue weighted by Gasteiger charge is -2.03. The second-order valence-electron chi connectivity index (χ2n) is 4.45. The summed E-state index contributed by atoms with van der Waals surface area (Å²) in [5.74, 6) is 0.206. The highest BCUT2D eigenvalue weighted by Gasteiger charge is 2.18. The first-order valence-corrected chi connectivity index (χ1v) is 6.19. The first-order valence-electron chi connectivity index (χ1n) is 6.19. The van der Waals surface area contributed by atoms with Gasteiger partial charge in [-0.15, -0.1) is 0 Å². The maximum atomic E-state index is 11.8. The number of aryl methyl sites for hydroxylation is 1. The normalized spacial score (nSPS) is 15.2. The van der Waals surface area contributed by atoms with E-state index >= 15 is 0 Å². The lowest BCUT2D eigenvalue weighted by atomic mass is 10.1. The van der Waals surface area contributed by atoms with Crippen molar-refractivity contribution in [3.05, 3.63) is 23.5 Å². The number of hydrogen-bond donors (Lipinski definition) is 1. The zero-order chi connectivity index (χ0) is 12.3. The van der Waals surface area contributed by atoms with Crippen molar-refractivity contribution >= 4 is 11.7 Å². The highest BCUT2D eigenvalue weighted by atomic mass is 16.2. The highest BCUT2D eigenvalue weighted by molar-refractivity contribution is 5.97. The Kier molecular flexibility index (Phi) is 3.61. The first kappa shape index (κ1) is 11.9. The van der Waals surface area contributed by atoms with Crippen molar-refractivity contribution in [1.29, 1.82) is 0 Å². The molecule has 1 heterocycles. The molecule has 0 saturated heterocycles. The third kappa shape index (κ3) is 2.75. The van der Waals surface area contributed by atoms with E-state index in [9.17, 15) is 9.59 Å². The third-order valence-electron chi connectivity index (χ3n) is 3.06. The zero-order valence-corrected chi connectivity index (χ0v) is 10.2. The van der Waals surface area contributed by atoms with Gasteiger partial charge in [-0.05, 0) is 31.7 Å². The zero-order valence-electron chi connectivity index (χ0n) is 10.2. The lowest BCUT2D eigenvalue weighted by molar-refractivity contribution is -0.121. The molecule has 92 valence electrons. The molecule has 0 fully saturated rings. The van der Waals surface area contributed by atoms with E-state index in [1.807, 2.05) is 23.9 Å². The Morgan fingerprint density at radius 2 is 2.12 bits per heavy atom. The number of carbonyl (C=O) groups excluding carboxylic acids is 2. The molecule has 0 aromatic carbocycles. The fraction of sp³-hybridized carbons (Fsp3) is 0.538. The van der Waals surface area contributed by atoms with Crippen molar-refractivity contribution in [3.63, 3.8) is 0 Å². The van der Waals surface area contributed by atoms with Gasteiger partial charge in [-0.2, -0.15) is 0 Å². The molecule has 2 rings (SSSR count). The van der Waals surface area contributed by atoms with Crippen LogP contribution in [0.25, 0.3) is 0 Å². The number of nitrogens with zero attached hydrogens (tertiary/aromatic N) is 1. The largest absolute Gasteiger partial charge is 0.355 e. The van der Waals surface area contributed by atoms with Gasteiger partial charge in [0.25, 0.3) is 0 Å². The van der Waals surface area contributed by atoms with Crippen LogP contribution in [0.3, 0.4) is 0 Å². The number of likely N-dealkylation sites (N-methyl/N-ethyl adjacent to an activating group) is 1. The maximum Gasteiger partial charge on any atom is 0.239 e. The number of nitrogens with one attached hydrogen (secondary N) is 1. The van der Waals surface area contributed by atoms with Gasteiger partial charge in [0.15, 0.2) is 5.78 Å². The number of ketones is 1. The molecule has 0 aliphatic heterocycles. The minimum atomic E-state index is -0.00916. The molecule has 1 aliphatic carbocycles. The van der Waals surface area contributed by atoms with Crippen LogP contribution in [0.5, 0.6) is 0 Å². The van der Waals surface area contributed by atoms with E-state index in [2.05, 4.69) is 5.32 Å². The predicted molar refractivity (Wildman–Crippen MR) is 65.0 cm³/mol. The molecule has 17 heavy (non-hydrogen) atoms. The van der Waals surface area contributed by atoms with Crippen LogP contribution >= 0.6 is 0 Å². The summed E-state index contributed by atoms with van der Waals surface area (Å²) < 4.78 is 1.82. The number of aromatic nitrogens is 1. The monoisotopic (exact) mass is 234 g/mol. The average molecular weight is 234 g/mol. The van der Waals surface area contributed by atoms with Gasteiger partial charge in [0.2, 0.25) is 5.91 Å². The summed E-state index contributed by atoms with van der Waals surface area (Å²) in [6.07, 6.45) is 7.38. The average Bonchev–Trinajstić information content (AvgIpc) is 2.60. The fourth-order valence-corrected chi connectivity index (χ4v) is 2.25. The Morgan fingerprint density at radius 1 is 1.35 bits per heavy atom. The number of rotatable bonds is 3. The minimum absolute atomic E-state index is 0.00916. The fourth-order valence-electron chi connectivity index (χ4n) is 2.25. The molecule has 0 radical (unpaired) electrons. The Hall–Kier alpha value is -1.58. The van der Waals surface area contributed by atoms with Crippen LogP contribution in [0.2, 0.25) is 0 Å². The van der Waals surface area contributed by atoms with E-state index in [0.29, 0.717) is 19.5 Å². The van der Waals surface area contributed by atoms with Crippen LogP contribution in [0.15, 0.2) is 12.4 Å². The molecule has 4 heteroatoms. The summed E-state index contributed by atoms with van der Waals surface area (Å²) in [7, 11) is 0. The number of fused-ring (bicyclic) bond motifs is 1. The van der Waals surface area contributed by atoms with Crippen molar-refractivity contribution in [2.45, 2.75) is 39.2 Å². The van der Waals surface area contributed by atoms with Gasteiger partial charge in [-0.25, -0.2) is 0 Å². The molecule has 0 unspecified atom stereocenters. The van der Waals surface area contributed by atoms with Gasteiger partial charge in [-0.1, -0.05) is 0 Å². The number of Topliss-reactive ketones (excluding diaryl/α,β-unsaturated/α-hetero) is 1. The Bertz CT molecular complexity index is 435. The molecule has 0 saturated carbocycles. The topological polar surface area (TPSA) is 51.1 Å². The summed E-state index contributed by atoms with van der Waals surface area (Å²) >= 11 is 0. The molecular weight excluding hydrogens is 216 g/mol. The molecule has 0 spiro atoms. The molecule has 1 aromatic rings. The molecule has 1 aromatic heterocycles. The van der Waals surface area contributed by atoms with E-state index in [1.165, 1.54) is 0 Å². The van der Waals surface area contributed by atoms with Crippen molar-refractivity contribution in [2.24, 2.45) is 0 Å². The highest BCUT2D eigenvalue weighted by Crippen LogP contribution is 2.21. The van der Waals surface area contributed by atoms with Crippen LogP contribution in [-0.2, 0) is 17.8 Å². The van der Waals surface area contributed by atoms with Gasteiger partial charge in [-0.3, -0.25) is 9.59 Å². The number of hydrogen-bond acceptors (Lipinski definition) is 2. The standard InChI is InChI=1S/C13H18N2O2/c1-2-14-13(17)9-15-7-10-5-3-4-6-12(16)11(10)8-15/h7-8H,2-6,9H2,1H3,(H,14,17). The van der Waals surface area contributed by atoms with Crippen LogP contribution in [0.1, 0.15) is 42.1 Å². The second kappa shape index (κ2) is 5.17. The van der Waals surface area contributed by atoms with E-state index in [4.69, 9.17) is 0 Å². The Labute approximate surface area is 101 Å². The van der Waals surface area contributed by atoms with E-state index < -0.39 is 0 Å². The van der Waals surface area contributed by atoms with Crippen LogP contribution in [0, 0.1) is 0 Å². The Morgan fingerprint density at radius 3 is 2.88 bits per heavy atom. The van der Waals surface area contributed by atoms with Crippen molar-refractivity contribution in [1.82, 2.24) is 9.88 Å². The maximum absolute atomic E-state index is 11.8. The summed E-state index contributed by atoms with van der Waals surface area (Å²) in [5, 5.41) is 2.75. The van der Waals surface area contributed by atoms with E-state index in [0.717, 1.165) is 30.4 Å². The van der Waals surface area contributed by atoms with Crippen molar-refractivity contribution in [3.8, 4) is 0 Å². The summed E-state index contributed by atoms with van der Waals surface area (Å²) in [6.45, 7) is 2.83. The molecule has 4 nitrogen and oxygen atoms in total. The third-order valence-corrected chi connectivity index (χ3v) is 3.06. The van der Waals surface area contributed by atoms with Crippen LogP contribution in [-0.4, -0.2) is 22.8 Å². The lowest BCUT2D eigenvalue weighted by Crippen LogP contribution is -2.26. The van der Waals surface area contributed by atoms with E-state index in [1.54, 1.807) is 0 Å². The predicted octanol–water partition coefficient (Wildman–Crippen LogP) is 1.53. The van der Waals surface area contributed by atoms with Gasteiger partial charge >= 0.3 is 0 Å². The second-order valence-corrected chi connectivity index (χ2v) is 4.45. The molecular formula is C13H18N2O2. The molecule has 1 N–H and O–H groups in total. The van der Waals surface area contributed by atoms with Crippen LogP contribution < -0.4 is 5.32 Å². The van der Waals surface area contributed by atoms with Crippen LogP contribution in [0.4, 0.5) is 0 Å². The molecule has 0 bridgehead atoms. The molecule has 1 aliphatic rings. The smallest absolute Gasteiger partial charge is 0.239 e. The minimum Gasteiger partial charge on any atom is -0.355 e. The van der Waals surface area contributed by atoms with Gasteiger partial charge in [0.05, 0.1) is 0 Å². The molecule has 0 atom stereocenters. The quantitative estimate of drug-likeness (QED) is 0.806. The van der Waals surface area contributed by atoms with Crippen molar-refractivity contribution in [2.75, 3.05) is 6.54 Å². The SMILES string of the molecule is CCNC(=O)Cn1cc2c(c1)C(=O)CCCC2. The van der Waals surface area contributed by atoms with Gasteiger partial charge < -0.3 is 9.88 Å². The van der Waals surface area contributed by atoms with Crippen molar-refractivity contribution < 1.29 is 9.59 Å². The summed E-state index contributed by atoms with van der Waals surface area (Å²) in [4.78, 5) is 23.3. The van der Waals surface area contributed by atoms with Gasteiger partial charge in [0, 0.05) is 30.9 Å². The first-order chi connectivity index (χ1) is 8.20. The summed E-state index contributed by atoms with van der Waals surface area (Å²) in [6, 6.07) is 0.